The van der Waals surface area contributed by atoms with E-state index >= 15 is 0 Å². The lowest BCUT2D eigenvalue weighted by Crippen LogP contribution is -2.24. The molecule has 0 saturated carbocycles. The van der Waals surface area contributed by atoms with E-state index in [0.717, 1.165) is 24.4 Å². The Labute approximate surface area is 102 Å². The summed E-state index contributed by atoms with van der Waals surface area (Å²) in [7, 11) is 1.96. The highest BCUT2D eigenvalue weighted by molar-refractivity contribution is 5.29. The minimum Gasteiger partial charge on any atom is -0.469 e. The third kappa shape index (κ3) is 2.26. The molecule has 1 atom stereocenters. The van der Waals surface area contributed by atoms with Crippen molar-refractivity contribution in [2.24, 2.45) is 7.05 Å². The highest BCUT2D eigenvalue weighted by Gasteiger charge is 2.20. The standard InChI is InChI=1S/C13H19N3O/c1-4-12-10(7-9-17-12)13(14-5-2)11-6-8-15-16(11)3/h6-9,13-14H,4-5H2,1-3H3. The van der Waals surface area contributed by atoms with Gasteiger partial charge >= 0.3 is 0 Å². The van der Waals surface area contributed by atoms with E-state index in [-0.39, 0.29) is 6.04 Å². The van der Waals surface area contributed by atoms with Crippen molar-refractivity contribution in [3.8, 4) is 0 Å². The topological polar surface area (TPSA) is 43.0 Å². The minimum atomic E-state index is 0.154. The van der Waals surface area contributed by atoms with Crippen LogP contribution in [0.2, 0.25) is 0 Å². The first-order chi connectivity index (χ1) is 8.27. The maximum atomic E-state index is 5.51. The van der Waals surface area contributed by atoms with Crippen LogP contribution >= 0.6 is 0 Å². The van der Waals surface area contributed by atoms with Crippen molar-refractivity contribution in [2.75, 3.05) is 6.54 Å². The van der Waals surface area contributed by atoms with Crippen molar-refractivity contribution in [3.63, 3.8) is 0 Å². The zero-order valence-corrected chi connectivity index (χ0v) is 10.6. The molecule has 0 aliphatic rings. The molecular weight excluding hydrogens is 214 g/mol. The predicted molar refractivity (Wildman–Crippen MR) is 66.8 cm³/mol. The second-order valence-electron chi connectivity index (χ2n) is 4.02. The molecule has 0 saturated heterocycles. The summed E-state index contributed by atoms with van der Waals surface area (Å²) in [6, 6.07) is 4.24. The number of hydrogen-bond donors (Lipinski definition) is 1. The van der Waals surface area contributed by atoms with Gasteiger partial charge in [-0.3, -0.25) is 4.68 Å². The molecule has 0 aliphatic carbocycles. The Morgan fingerprint density at radius 2 is 2.24 bits per heavy atom. The summed E-state index contributed by atoms with van der Waals surface area (Å²) in [5, 5.41) is 7.71. The highest BCUT2D eigenvalue weighted by atomic mass is 16.3. The van der Waals surface area contributed by atoms with Gasteiger partial charge in [0.05, 0.1) is 18.0 Å². The molecule has 1 unspecified atom stereocenters. The van der Waals surface area contributed by atoms with Crippen molar-refractivity contribution in [1.29, 1.82) is 0 Å². The summed E-state index contributed by atoms with van der Waals surface area (Å²) in [5.41, 5.74) is 2.36. The van der Waals surface area contributed by atoms with Gasteiger partial charge in [-0.05, 0) is 18.7 Å². The molecule has 0 spiro atoms. The van der Waals surface area contributed by atoms with Crippen LogP contribution in [-0.4, -0.2) is 16.3 Å². The van der Waals surface area contributed by atoms with E-state index in [1.54, 1.807) is 6.26 Å². The third-order valence-electron chi connectivity index (χ3n) is 2.97. The zero-order chi connectivity index (χ0) is 12.3. The van der Waals surface area contributed by atoms with Crippen LogP contribution in [-0.2, 0) is 13.5 Å². The normalized spacial score (nSPS) is 12.9. The van der Waals surface area contributed by atoms with Gasteiger partial charge in [-0.15, -0.1) is 0 Å². The average Bonchev–Trinajstić information content (AvgIpc) is 2.94. The fraction of sp³-hybridized carbons (Fsp3) is 0.462. The van der Waals surface area contributed by atoms with Gasteiger partial charge in [-0.2, -0.15) is 5.10 Å². The van der Waals surface area contributed by atoms with Crippen LogP contribution in [0.4, 0.5) is 0 Å². The summed E-state index contributed by atoms with van der Waals surface area (Å²) >= 11 is 0. The van der Waals surface area contributed by atoms with E-state index < -0.39 is 0 Å². The van der Waals surface area contributed by atoms with Gasteiger partial charge in [-0.25, -0.2) is 0 Å². The quantitative estimate of drug-likeness (QED) is 0.861. The second kappa shape index (κ2) is 5.19. The smallest absolute Gasteiger partial charge is 0.108 e. The van der Waals surface area contributed by atoms with Crippen LogP contribution in [0.5, 0.6) is 0 Å². The first kappa shape index (κ1) is 11.9. The van der Waals surface area contributed by atoms with E-state index in [1.165, 1.54) is 5.56 Å². The Hall–Kier alpha value is -1.55. The van der Waals surface area contributed by atoms with Gasteiger partial charge in [0.25, 0.3) is 0 Å². The molecule has 0 aromatic carbocycles. The average molecular weight is 233 g/mol. The summed E-state index contributed by atoms with van der Waals surface area (Å²) in [5.74, 6) is 1.04. The first-order valence-corrected chi connectivity index (χ1v) is 6.05. The summed E-state index contributed by atoms with van der Waals surface area (Å²) < 4.78 is 7.41. The summed E-state index contributed by atoms with van der Waals surface area (Å²) in [6.45, 7) is 5.12. The molecule has 2 rings (SSSR count). The van der Waals surface area contributed by atoms with E-state index in [0.29, 0.717) is 0 Å². The Balaban J connectivity index is 2.39. The molecule has 4 nitrogen and oxygen atoms in total. The third-order valence-corrected chi connectivity index (χ3v) is 2.97. The molecule has 1 N–H and O–H groups in total. The van der Waals surface area contributed by atoms with Crippen LogP contribution in [0.25, 0.3) is 0 Å². The minimum absolute atomic E-state index is 0.154. The van der Waals surface area contributed by atoms with Crippen LogP contribution in [0, 0.1) is 0 Å². The van der Waals surface area contributed by atoms with Gasteiger partial charge in [0.15, 0.2) is 0 Å². The van der Waals surface area contributed by atoms with E-state index in [1.807, 2.05) is 30.1 Å². The Bertz CT molecular complexity index is 472. The molecule has 0 radical (unpaired) electrons. The number of nitrogens with one attached hydrogen (secondary N) is 1. The first-order valence-electron chi connectivity index (χ1n) is 6.05. The molecule has 2 aromatic rings. The van der Waals surface area contributed by atoms with Gasteiger partial charge in [0, 0.05) is 25.2 Å². The summed E-state index contributed by atoms with van der Waals surface area (Å²) in [6.07, 6.45) is 4.49. The van der Waals surface area contributed by atoms with Gasteiger partial charge < -0.3 is 9.73 Å². The van der Waals surface area contributed by atoms with Crippen molar-refractivity contribution < 1.29 is 4.42 Å². The van der Waals surface area contributed by atoms with Crippen molar-refractivity contribution in [2.45, 2.75) is 26.3 Å². The second-order valence-corrected chi connectivity index (χ2v) is 4.02. The molecule has 0 bridgehead atoms. The maximum absolute atomic E-state index is 5.51. The van der Waals surface area contributed by atoms with Crippen LogP contribution in [0.3, 0.4) is 0 Å². The highest BCUT2D eigenvalue weighted by Crippen LogP contribution is 2.25. The van der Waals surface area contributed by atoms with E-state index in [9.17, 15) is 0 Å². The number of aryl methyl sites for hydroxylation is 2. The maximum Gasteiger partial charge on any atom is 0.108 e. The Morgan fingerprint density at radius 1 is 1.41 bits per heavy atom. The number of furan rings is 1. The predicted octanol–water partition coefficient (Wildman–Crippen LogP) is 2.27. The van der Waals surface area contributed by atoms with E-state index in [4.69, 9.17) is 4.42 Å². The molecule has 2 aromatic heterocycles. The number of aromatic nitrogens is 2. The van der Waals surface area contributed by atoms with Gasteiger partial charge in [0.2, 0.25) is 0 Å². The lowest BCUT2D eigenvalue weighted by atomic mass is 10.0. The number of rotatable bonds is 5. The fourth-order valence-electron chi connectivity index (χ4n) is 2.14. The van der Waals surface area contributed by atoms with Crippen molar-refractivity contribution in [3.05, 3.63) is 41.6 Å². The largest absolute Gasteiger partial charge is 0.469 e. The van der Waals surface area contributed by atoms with Crippen LogP contribution < -0.4 is 5.32 Å². The lowest BCUT2D eigenvalue weighted by Gasteiger charge is -2.18. The van der Waals surface area contributed by atoms with Crippen molar-refractivity contribution in [1.82, 2.24) is 15.1 Å². The lowest BCUT2D eigenvalue weighted by molar-refractivity contribution is 0.496. The van der Waals surface area contributed by atoms with Gasteiger partial charge in [-0.1, -0.05) is 13.8 Å². The molecule has 0 aliphatic heterocycles. The molecule has 0 fully saturated rings. The molecule has 2 heterocycles. The zero-order valence-electron chi connectivity index (χ0n) is 10.6. The van der Waals surface area contributed by atoms with Crippen LogP contribution in [0.15, 0.2) is 29.0 Å². The molecular formula is C13H19N3O. The number of hydrogen-bond acceptors (Lipinski definition) is 3. The Kier molecular flexibility index (Phi) is 3.64. The molecule has 17 heavy (non-hydrogen) atoms. The number of nitrogens with zero attached hydrogens (tertiary/aromatic N) is 2. The van der Waals surface area contributed by atoms with E-state index in [2.05, 4.69) is 24.3 Å². The SMILES string of the molecule is CCNC(c1ccoc1CC)c1ccnn1C. The van der Waals surface area contributed by atoms with Gasteiger partial charge in [0.1, 0.15) is 5.76 Å². The van der Waals surface area contributed by atoms with Crippen LogP contribution in [0.1, 0.15) is 36.9 Å². The monoisotopic (exact) mass is 233 g/mol. The summed E-state index contributed by atoms with van der Waals surface area (Å²) in [4.78, 5) is 0. The van der Waals surface area contributed by atoms with Crippen molar-refractivity contribution >= 4 is 0 Å². The molecule has 0 amide bonds. The molecule has 4 heteroatoms. The Morgan fingerprint density at radius 3 is 2.82 bits per heavy atom. The molecule has 92 valence electrons. The fourth-order valence-corrected chi connectivity index (χ4v) is 2.14.